The molecule has 1 aliphatic carbocycles. The number of pyridine rings is 1. The fraction of sp³-hybridized carbons (Fsp3) is 0.529. The molecule has 5 heteroatoms. The number of rotatable bonds is 3. The van der Waals surface area contributed by atoms with E-state index in [1.54, 1.807) is 6.20 Å². The van der Waals surface area contributed by atoms with Gasteiger partial charge in [0.05, 0.1) is 12.2 Å². The molecular formula is C17H25N5. The summed E-state index contributed by atoms with van der Waals surface area (Å²) in [6.07, 6.45) is 6.69. The number of nitrogens with zero attached hydrogens (tertiary/aromatic N) is 2. The van der Waals surface area contributed by atoms with Gasteiger partial charge in [-0.25, -0.2) is 4.99 Å². The molecule has 4 N–H and O–H groups in total. The molecule has 0 bridgehead atoms. The largest absolute Gasteiger partial charge is 0.334 e. The second-order valence-electron chi connectivity index (χ2n) is 6.34. The predicted molar refractivity (Wildman–Crippen MR) is 88.9 cm³/mol. The zero-order valence-electron chi connectivity index (χ0n) is 13.4. The zero-order valence-corrected chi connectivity index (χ0v) is 13.4. The van der Waals surface area contributed by atoms with E-state index < -0.39 is 5.66 Å². The van der Waals surface area contributed by atoms with Gasteiger partial charge < -0.3 is 16.4 Å². The Balaban J connectivity index is 1.80. The SMILES string of the molecule is CC1=C(C)C(N)(C2CCCC2)NC(=NCc2ccccn2)N1. The average molecular weight is 299 g/mol. The smallest absolute Gasteiger partial charge is 0.197 e. The molecule has 3 rings (SSSR count). The first-order valence-electron chi connectivity index (χ1n) is 8.06. The fourth-order valence-corrected chi connectivity index (χ4v) is 3.42. The van der Waals surface area contributed by atoms with Gasteiger partial charge in [0.25, 0.3) is 0 Å². The van der Waals surface area contributed by atoms with Crippen LogP contribution in [0.25, 0.3) is 0 Å². The molecule has 0 spiro atoms. The molecule has 2 heterocycles. The lowest BCUT2D eigenvalue weighted by Crippen LogP contribution is -2.66. The van der Waals surface area contributed by atoms with Gasteiger partial charge in [-0.05, 0) is 50.3 Å². The maximum atomic E-state index is 6.75. The van der Waals surface area contributed by atoms with Crippen molar-refractivity contribution in [2.75, 3.05) is 0 Å². The summed E-state index contributed by atoms with van der Waals surface area (Å²) in [5, 5.41) is 6.78. The Morgan fingerprint density at radius 3 is 2.77 bits per heavy atom. The Morgan fingerprint density at radius 1 is 1.32 bits per heavy atom. The van der Waals surface area contributed by atoms with Crippen LogP contribution in [0.15, 0.2) is 40.7 Å². The van der Waals surface area contributed by atoms with E-state index in [4.69, 9.17) is 5.73 Å². The molecule has 1 atom stereocenters. The first kappa shape index (κ1) is 15.0. The Bertz CT molecular complexity index is 586. The number of allylic oxidation sites excluding steroid dienone is 1. The van der Waals surface area contributed by atoms with Crippen molar-refractivity contribution in [1.29, 1.82) is 0 Å². The minimum Gasteiger partial charge on any atom is -0.334 e. The summed E-state index contributed by atoms with van der Waals surface area (Å²) in [5.41, 5.74) is 9.52. The number of guanidine groups is 1. The highest BCUT2D eigenvalue weighted by atomic mass is 15.3. The van der Waals surface area contributed by atoms with Crippen molar-refractivity contribution in [1.82, 2.24) is 15.6 Å². The molecule has 1 fully saturated rings. The Kier molecular flexibility index (Phi) is 4.16. The number of hydrogen-bond donors (Lipinski definition) is 3. The second kappa shape index (κ2) is 6.08. The molecule has 1 unspecified atom stereocenters. The molecule has 2 aliphatic rings. The summed E-state index contributed by atoms with van der Waals surface area (Å²) in [6, 6.07) is 5.87. The highest BCUT2D eigenvalue weighted by Crippen LogP contribution is 2.36. The van der Waals surface area contributed by atoms with E-state index in [1.807, 2.05) is 18.2 Å². The molecule has 1 aromatic heterocycles. The molecule has 0 saturated heterocycles. The quantitative estimate of drug-likeness (QED) is 0.800. The van der Waals surface area contributed by atoms with Crippen LogP contribution < -0.4 is 16.4 Å². The first-order chi connectivity index (χ1) is 10.6. The highest BCUT2D eigenvalue weighted by molar-refractivity contribution is 5.84. The molecule has 1 aliphatic heterocycles. The third-order valence-electron chi connectivity index (χ3n) is 4.94. The van der Waals surface area contributed by atoms with Gasteiger partial charge >= 0.3 is 0 Å². The number of aromatic nitrogens is 1. The molecule has 0 radical (unpaired) electrons. The molecule has 0 amide bonds. The molecule has 0 aromatic carbocycles. The maximum Gasteiger partial charge on any atom is 0.197 e. The van der Waals surface area contributed by atoms with Gasteiger partial charge in [0.1, 0.15) is 5.66 Å². The first-order valence-corrected chi connectivity index (χ1v) is 8.06. The fourth-order valence-electron chi connectivity index (χ4n) is 3.42. The van der Waals surface area contributed by atoms with Gasteiger partial charge in [-0.1, -0.05) is 18.9 Å². The van der Waals surface area contributed by atoms with E-state index in [0.717, 1.165) is 17.4 Å². The summed E-state index contributed by atoms with van der Waals surface area (Å²) >= 11 is 0. The average Bonchev–Trinajstić information content (AvgIpc) is 3.06. The van der Waals surface area contributed by atoms with E-state index >= 15 is 0 Å². The van der Waals surface area contributed by atoms with Crippen LogP contribution in [0.1, 0.15) is 45.2 Å². The summed E-state index contributed by atoms with van der Waals surface area (Å²) in [7, 11) is 0. The van der Waals surface area contributed by atoms with Crippen molar-refractivity contribution in [2.45, 2.75) is 51.7 Å². The van der Waals surface area contributed by atoms with Gasteiger partial charge in [0.2, 0.25) is 0 Å². The minimum atomic E-state index is -0.477. The lowest BCUT2D eigenvalue weighted by molar-refractivity contribution is 0.286. The molecule has 118 valence electrons. The minimum absolute atomic E-state index is 0.476. The van der Waals surface area contributed by atoms with Crippen LogP contribution in [0.2, 0.25) is 0 Å². The van der Waals surface area contributed by atoms with Crippen LogP contribution in [0, 0.1) is 5.92 Å². The summed E-state index contributed by atoms with van der Waals surface area (Å²) in [5.74, 6) is 1.23. The topological polar surface area (TPSA) is 75.3 Å². The van der Waals surface area contributed by atoms with E-state index in [2.05, 4.69) is 34.5 Å². The van der Waals surface area contributed by atoms with E-state index in [1.165, 1.54) is 31.3 Å². The summed E-state index contributed by atoms with van der Waals surface area (Å²) in [6.45, 7) is 4.73. The van der Waals surface area contributed by atoms with Crippen molar-refractivity contribution < 1.29 is 0 Å². The predicted octanol–water partition coefficient (Wildman–Crippen LogP) is 2.27. The van der Waals surface area contributed by atoms with Crippen LogP contribution in [-0.2, 0) is 6.54 Å². The lowest BCUT2D eigenvalue weighted by Gasteiger charge is -2.42. The van der Waals surface area contributed by atoms with Crippen molar-refractivity contribution in [3.05, 3.63) is 41.4 Å². The number of nitrogens with two attached hydrogens (primary N) is 1. The third-order valence-corrected chi connectivity index (χ3v) is 4.94. The standard InChI is InChI=1S/C17H25N5/c1-12-13(2)21-16(20-11-15-9-5-6-10-19-15)22-17(12,18)14-7-3-4-8-14/h5-6,9-10,14H,3-4,7-8,11,18H2,1-2H3,(H2,20,21,22). The monoisotopic (exact) mass is 299 g/mol. The number of aliphatic imine (C=N–C) groups is 1. The van der Waals surface area contributed by atoms with Crippen LogP contribution in [-0.4, -0.2) is 16.6 Å². The summed E-state index contributed by atoms with van der Waals surface area (Å²) < 4.78 is 0. The number of nitrogens with one attached hydrogen (secondary N) is 2. The summed E-state index contributed by atoms with van der Waals surface area (Å²) in [4.78, 5) is 8.93. The Labute approximate surface area is 132 Å². The molecule has 22 heavy (non-hydrogen) atoms. The zero-order chi connectivity index (χ0) is 15.6. The van der Waals surface area contributed by atoms with Crippen molar-refractivity contribution in [3.8, 4) is 0 Å². The molecular weight excluding hydrogens is 274 g/mol. The Morgan fingerprint density at radius 2 is 2.09 bits per heavy atom. The number of hydrogen-bond acceptors (Lipinski definition) is 3. The van der Waals surface area contributed by atoms with Crippen molar-refractivity contribution >= 4 is 5.96 Å². The van der Waals surface area contributed by atoms with Gasteiger partial charge in [0, 0.05) is 11.9 Å². The van der Waals surface area contributed by atoms with E-state index in [-0.39, 0.29) is 0 Å². The maximum absolute atomic E-state index is 6.75. The van der Waals surface area contributed by atoms with E-state index in [9.17, 15) is 0 Å². The third kappa shape index (κ3) is 2.86. The van der Waals surface area contributed by atoms with Crippen LogP contribution in [0.5, 0.6) is 0 Å². The van der Waals surface area contributed by atoms with Crippen molar-refractivity contribution in [2.24, 2.45) is 16.6 Å². The van der Waals surface area contributed by atoms with Gasteiger partial charge in [-0.2, -0.15) is 0 Å². The molecule has 1 aromatic rings. The van der Waals surface area contributed by atoms with Gasteiger partial charge in [0.15, 0.2) is 5.96 Å². The highest BCUT2D eigenvalue weighted by Gasteiger charge is 2.42. The van der Waals surface area contributed by atoms with Gasteiger partial charge in [-0.15, -0.1) is 0 Å². The van der Waals surface area contributed by atoms with Gasteiger partial charge in [-0.3, -0.25) is 4.98 Å². The molecule has 1 saturated carbocycles. The normalized spacial score (nSPS) is 27.9. The second-order valence-corrected chi connectivity index (χ2v) is 6.34. The Hall–Kier alpha value is -1.88. The van der Waals surface area contributed by atoms with Crippen LogP contribution in [0.3, 0.4) is 0 Å². The van der Waals surface area contributed by atoms with Crippen molar-refractivity contribution in [3.63, 3.8) is 0 Å². The van der Waals surface area contributed by atoms with E-state index in [0.29, 0.717) is 12.5 Å². The van der Waals surface area contributed by atoms with Crippen LogP contribution in [0.4, 0.5) is 0 Å². The lowest BCUT2D eigenvalue weighted by atomic mass is 9.83. The molecule has 5 nitrogen and oxygen atoms in total. The van der Waals surface area contributed by atoms with Crippen LogP contribution >= 0.6 is 0 Å².